The highest BCUT2D eigenvalue weighted by atomic mass is 16.4. The van der Waals surface area contributed by atoms with Gasteiger partial charge in [0.15, 0.2) is 0 Å². The van der Waals surface area contributed by atoms with E-state index in [-0.39, 0.29) is 12.0 Å². The van der Waals surface area contributed by atoms with E-state index in [2.05, 4.69) is 7.05 Å². The highest BCUT2D eigenvalue weighted by Crippen LogP contribution is 2.53. The summed E-state index contributed by atoms with van der Waals surface area (Å²) in [5.41, 5.74) is 5.24. The van der Waals surface area contributed by atoms with Crippen LogP contribution in [0.4, 0.5) is 0 Å². The molecule has 4 atom stereocenters. The standard InChI is InChI=1S/C21H34N2O4/c1-23(14-7-8-14,15-9-10-15)16-11-17(19(24)25)18(13-5-3-2-4-6-13)21(22,12-16)20(26)27/h13-18H,2-12,22H2,1H3,(H-,24,25,26,27)/p+1/t16-,17+,18-,21+/m0/s1. The van der Waals surface area contributed by atoms with Crippen LogP contribution in [0.15, 0.2) is 0 Å². The zero-order valence-electron chi connectivity index (χ0n) is 16.5. The van der Waals surface area contributed by atoms with Crippen molar-refractivity contribution in [2.75, 3.05) is 7.05 Å². The molecule has 0 aromatic rings. The third-order valence-corrected chi connectivity index (χ3v) is 8.45. The van der Waals surface area contributed by atoms with Crippen LogP contribution in [0.1, 0.15) is 70.6 Å². The summed E-state index contributed by atoms with van der Waals surface area (Å²) in [6, 6.07) is 1.19. The van der Waals surface area contributed by atoms with Crippen LogP contribution in [0, 0.1) is 17.8 Å². The van der Waals surface area contributed by atoms with E-state index in [4.69, 9.17) is 5.73 Å². The molecule has 0 saturated heterocycles. The summed E-state index contributed by atoms with van der Waals surface area (Å²) in [4.78, 5) is 24.7. The van der Waals surface area contributed by atoms with Crippen molar-refractivity contribution in [3.05, 3.63) is 0 Å². The normalized spacial score (nSPS) is 38.5. The minimum Gasteiger partial charge on any atom is -0.481 e. The van der Waals surface area contributed by atoms with Gasteiger partial charge in [-0.1, -0.05) is 32.1 Å². The Hall–Kier alpha value is -1.14. The molecule has 6 heteroatoms. The third-order valence-electron chi connectivity index (χ3n) is 8.45. The first kappa shape index (κ1) is 19.2. The molecule has 27 heavy (non-hydrogen) atoms. The average molecular weight is 380 g/mol. The van der Waals surface area contributed by atoms with Gasteiger partial charge in [0.1, 0.15) is 5.54 Å². The van der Waals surface area contributed by atoms with E-state index < -0.39 is 29.3 Å². The number of carboxylic acid groups (broad SMARTS) is 2. The Balaban J connectivity index is 1.69. The van der Waals surface area contributed by atoms with Crippen molar-refractivity contribution in [1.29, 1.82) is 0 Å². The van der Waals surface area contributed by atoms with Gasteiger partial charge in [0.25, 0.3) is 0 Å². The number of nitrogens with two attached hydrogens (primary N) is 1. The maximum absolute atomic E-state index is 12.4. The average Bonchev–Trinajstić information content (AvgIpc) is 3.53. The summed E-state index contributed by atoms with van der Waals surface area (Å²) < 4.78 is 0.868. The number of carboxylic acids is 2. The van der Waals surface area contributed by atoms with Gasteiger partial charge in [0.2, 0.25) is 0 Å². The lowest BCUT2D eigenvalue weighted by Crippen LogP contribution is -2.69. The fourth-order valence-electron chi connectivity index (χ4n) is 6.71. The van der Waals surface area contributed by atoms with E-state index in [0.29, 0.717) is 24.9 Å². The number of aliphatic carboxylic acids is 2. The van der Waals surface area contributed by atoms with Gasteiger partial charge in [-0.05, 0) is 5.92 Å². The van der Waals surface area contributed by atoms with Crippen molar-refractivity contribution in [1.82, 2.24) is 0 Å². The summed E-state index contributed by atoms with van der Waals surface area (Å²) in [6.07, 6.45) is 10.8. The molecule has 0 heterocycles. The van der Waals surface area contributed by atoms with Crippen molar-refractivity contribution in [2.45, 2.75) is 94.3 Å². The molecular formula is C21H35N2O4+. The van der Waals surface area contributed by atoms with Crippen molar-refractivity contribution in [3.8, 4) is 0 Å². The summed E-state index contributed by atoms with van der Waals surface area (Å²) >= 11 is 0. The second-order valence-electron chi connectivity index (χ2n) is 9.99. The van der Waals surface area contributed by atoms with Gasteiger partial charge in [-0.15, -0.1) is 0 Å². The van der Waals surface area contributed by atoms with Crippen LogP contribution < -0.4 is 5.73 Å². The van der Waals surface area contributed by atoms with Gasteiger partial charge >= 0.3 is 11.9 Å². The summed E-state index contributed by atoms with van der Waals surface area (Å²) in [6.45, 7) is 0. The lowest BCUT2D eigenvalue weighted by molar-refractivity contribution is -0.955. The molecule has 0 aromatic heterocycles. The molecule has 6 nitrogen and oxygen atoms in total. The molecule has 4 aliphatic rings. The number of nitrogens with zero attached hydrogens (tertiary/aromatic N) is 1. The highest BCUT2D eigenvalue weighted by Gasteiger charge is 2.63. The molecule has 4 rings (SSSR count). The van der Waals surface area contributed by atoms with Crippen LogP contribution in [0.3, 0.4) is 0 Å². The van der Waals surface area contributed by atoms with Crippen molar-refractivity contribution in [2.24, 2.45) is 23.5 Å². The molecule has 0 unspecified atom stereocenters. The van der Waals surface area contributed by atoms with Crippen LogP contribution in [-0.4, -0.2) is 57.3 Å². The zero-order valence-corrected chi connectivity index (χ0v) is 16.5. The number of hydrogen-bond acceptors (Lipinski definition) is 3. The molecule has 0 aromatic carbocycles. The monoisotopic (exact) mass is 379 g/mol. The summed E-state index contributed by atoms with van der Waals surface area (Å²) in [5, 5.41) is 20.3. The smallest absolute Gasteiger partial charge is 0.324 e. The predicted molar refractivity (Wildman–Crippen MR) is 101 cm³/mol. The Kier molecular flexibility index (Phi) is 4.78. The molecule has 152 valence electrons. The largest absolute Gasteiger partial charge is 0.481 e. The van der Waals surface area contributed by atoms with Crippen molar-refractivity contribution < 1.29 is 24.3 Å². The van der Waals surface area contributed by atoms with Crippen LogP contribution in [0.25, 0.3) is 0 Å². The minimum atomic E-state index is -1.42. The molecule has 0 bridgehead atoms. The van der Waals surface area contributed by atoms with Gasteiger partial charge in [-0.2, -0.15) is 0 Å². The SMILES string of the molecule is C[N+](C1CC1)(C1CC1)[C@H]1C[C@@H](C(=O)O)[C@H](C2CCCCC2)[C@@](N)(C(=O)O)C1. The first-order chi connectivity index (χ1) is 12.8. The van der Waals surface area contributed by atoms with E-state index in [1.807, 2.05) is 0 Å². The first-order valence-corrected chi connectivity index (χ1v) is 10.9. The van der Waals surface area contributed by atoms with Gasteiger partial charge in [0, 0.05) is 44.4 Å². The lowest BCUT2D eigenvalue weighted by Gasteiger charge is -2.53. The maximum atomic E-state index is 12.4. The van der Waals surface area contributed by atoms with Crippen LogP contribution >= 0.6 is 0 Å². The Morgan fingerprint density at radius 1 is 0.926 bits per heavy atom. The molecule has 0 aliphatic heterocycles. The van der Waals surface area contributed by atoms with E-state index in [1.165, 1.54) is 25.7 Å². The zero-order chi connectivity index (χ0) is 19.4. The fraction of sp³-hybridized carbons (Fsp3) is 0.905. The van der Waals surface area contributed by atoms with E-state index >= 15 is 0 Å². The van der Waals surface area contributed by atoms with Crippen LogP contribution in [0.2, 0.25) is 0 Å². The van der Waals surface area contributed by atoms with E-state index in [1.54, 1.807) is 0 Å². The van der Waals surface area contributed by atoms with Gasteiger partial charge in [0.05, 0.1) is 31.1 Å². The third kappa shape index (κ3) is 3.19. The number of quaternary nitrogens is 1. The maximum Gasteiger partial charge on any atom is 0.324 e. The molecule has 0 spiro atoms. The number of carbonyl (C=O) groups is 2. The number of hydrogen-bond donors (Lipinski definition) is 3. The first-order valence-electron chi connectivity index (χ1n) is 10.9. The van der Waals surface area contributed by atoms with Gasteiger partial charge in [-0.25, -0.2) is 0 Å². The molecule has 0 amide bonds. The van der Waals surface area contributed by atoms with Crippen molar-refractivity contribution in [3.63, 3.8) is 0 Å². The quantitative estimate of drug-likeness (QED) is 0.616. The highest BCUT2D eigenvalue weighted by molar-refractivity contribution is 5.82. The molecule has 4 saturated carbocycles. The predicted octanol–water partition coefficient (Wildman–Crippen LogP) is 2.60. The molecule has 4 N–H and O–H groups in total. The van der Waals surface area contributed by atoms with Gasteiger partial charge in [-0.3, -0.25) is 9.59 Å². The minimum absolute atomic E-state index is 0.0482. The fourth-order valence-corrected chi connectivity index (χ4v) is 6.71. The van der Waals surface area contributed by atoms with E-state index in [9.17, 15) is 19.8 Å². The van der Waals surface area contributed by atoms with Crippen LogP contribution in [-0.2, 0) is 9.59 Å². The Morgan fingerprint density at radius 3 is 1.93 bits per heavy atom. The van der Waals surface area contributed by atoms with Crippen LogP contribution in [0.5, 0.6) is 0 Å². The van der Waals surface area contributed by atoms with Gasteiger partial charge < -0.3 is 20.4 Å². The Labute approximate surface area is 161 Å². The Morgan fingerprint density at radius 2 is 1.48 bits per heavy atom. The lowest BCUT2D eigenvalue weighted by atomic mass is 9.58. The molecular weight excluding hydrogens is 344 g/mol. The summed E-state index contributed by atoms with van der Waals surface area (Å²) in [5.74, 6) is -2.79. The second kappa shape index (κ2) is 6.73. The Bertz CT molecular complexity index is 597. The summed E-state index contributed by atoms with van der Waals surface area (Å²) in [7, 11) is 2.25. The van der Waals surface area contributed by atoms with E-state index in [0.717, 1.165) is 36.6 Å². The van der Waals surface area contributed by atoms with Crippen molar-refractivity contribution >= 4 is 11.9 Å². The topological polar surface area (TPSA) is 101 Å². The second-order valence-corrected chi connectivity index (χ2v) is 9.99. The molecule has 4 fully saturated rings. The molecule has 4 aliphatic carbocycles. The number of rotatable bonds is 6. The molecule has 0 radical (unpaired) electrons.